The second kappa shape index (κ2) is 5.56. The molecular formula is C11H16N2O2. The molecule has 1 rings (SSSR count). The fourth-order valence-electron chi connectivity index (χ4n) is 1.30. The zero-order valence-electron chi connectivity index (χ0n) is 9.30. The average Bonchev–Trinajstić information content (AvgIpc) is 2.26. The molecule has 1 aromatic heterocycles. The first-order valence-corrected chi connectivity index (χ1v) is 5.07. The third kappa shape index (κ3) is 3.09. The molecule has 0 aliphatic heterocycles. The van der Waals surface area contributed by atoms with Crippen LogP contribution in [0.25, 0.3) is 0 Å². The van der Waals surface area contributed by atoms with E-state index in [1.807, 2.05) is 6.92 Å². The van der Waals surface area contributed by atoms with Gasteiger partial charge in [-0.1, -0.05) is 13.8 Å². The summed E-state index contributed by atoms with van der Waals surface area (Å²) in [6, 6.07) is 0. The number of aromatic nitrogens is 2. The molecule has 0 fully saturated rings. The van der Waals surface area contributed by atoms with E-state index < -0.39 is 0 Å². The minimum atomic E-state index is -0.101. The Kier molecular flexibility index (Phi) is 4.37. The summed E-state index contributed by atoms with van der Waals surface area (Å²) in [4.78, 5) is 18.7. The number of nitrogens with zero attached hydrogens (tertiary/aromatic N) is 2. The van der Waals surface area contributed by atoms with Crippen molar-refractivity contribution >= 4 is 6.29 Å². The lowest BCUT2D eigenvalue weighted by Gasteiger charge is -2.18. The molecule has 1 aromatic rings. The van der Waals surface area contributed by atoms with Gasteiger partial charge < -0.3 is 4.74 Å². The molecule has 1 heterocycles. The van der Waals surface area contributed by atoms with Gasteiger partial charge in [-0.25, -0.2) is 9.97 Å². The molecule has 0 amide bonds. The molecular weight excluding hydrogens is 192 g/mol. The summed E-state index contributed by atoms with van der Waals surface area (Å²) in [5.41, 5.74) is 0.484. The summed E-state index contributed by atoms with van der Waals surface area (Å²) in [5, 5.41) is 0. The van der Waals surface area contributed by atoms with E-state index in [-0.39, 0.29) is 6.10 Å². The molecule has 0 bridgehead atoms. The lowest BCUT2D eigenvalue weighted by Crippen LogP contribution is -2.14. The Balaban J connectivity index is 2.86. The molecule has 0 saturated heterocycles. The second-order valence-electron chi connectivity index (χ2n) is 3.61. The molecule has 15 heavy (non-hydrogen) atoms. The normalized spacial score (nSPS) is 12.8. The average molecular weight is 208 g/mol. The molecule has 82 valence electrons. The van der Waals surface area contributed by atoms with Gasteiger partial charge in [-0.05, 0) is 12.8 Å². The zero-order valence-corrected chi connectivity index (χ0v) is 9.30. The van der Waals surface area contributed by atoms with Crippen LogP contribution in [0.1, 0.15) is 43.1 Å². The maximum Gasteiger partial charge on any atom is 0.157 e. The zero-order chi connectivity index (χ0) is 11.3. The summed E-state index contributed by atoms with van der Waals surface area (Å²) in [6.07, 6.45) is 3.66. The van der Waals surface area contributed by atoms with Gasteiger partial charge in [0.05, 0.1) is 5.56 Å². The maximum atomic E-state index is 10.4. The fourth-order valence-corrected chi connectivity index (χ4v) is 1.30. The highest BCUT2D eigenvalue weighted by molar-refractivity contribution is 5.73. The molecule has 0 saturated carbocycles. The van der Waals surface area contributed by atoms with E-state index in [2.05, 4.69) is 23.8 Å². The van der Waals surface area contributed by atoms with Crippen LogP contribution in [0.3, 0.4) is 0 Å². The van der Waals surface area contributed by atoms with Gasteiger partial charge in [0.25, 0.3) is 0 Å². The van der Waals surface area contributed by atoms with Gasteiger partial charge in [0.1, 0.15) is 6.10 Å². The van der Waals surface area contributed by atoms with Crippen LogP contribution in [0, 0.1) is 5.92 Å². The van der Waals surface area contributed by atoms with Crippen molar-refractivity contribution in [3.63, 3.8) is 0 Å². The van der Waals surface area contributed by atoms with Gasteiger partial charge in [0, 0.05) is 19.0 Å². The largest absolute Gasteiger partial charge is 0.370 e. The molecule has 0 aliphatic carbocycles. The number of hydrogen-bond acceptors (Lipinski definition) is 4. The molecule has 4 nitrogen and oxygen atoms in total. The van der Waals surface area contributed by atoms with Crippen LogP contribution in [0.2, 0.25) is 0 Å². The highest BCUT2D eigenvalue weighted by atomic mass is 16.5. The Labute approximate surface area is 89.7 Å². The number of carbonyl (C=O) groups excluding carboxylic acids is 1. The van der Waals surface area contributed by atoms with E-state index in [0.29, 0.717) is 23.9 Å². The Morgan fingerprint density at radius 2 is 2.00 bits per heavy atom. The Hall–Kier alpha value is -1.29. The fraction of sp³-hybridized carbons (Fsp3) is 0.545. The third-order valence-electron chi connectivity index (χ3n) is 2.03. The van der Waals surface area contributed by atoms with Crippen LogP contribution in [-0.4, -0.2) is 22.9 Å². The summed E-state index contributed by atoms with van der Waals surface area (Å²) >= 11 is 0. The van der Waals surface area contributed by atoms with E-state index in [1.165, 1.54) is 12.4 Å². The lowest BCUT2D eigenvalue weighted by molar-refractivity contribution is 0.0231. The van der Waals surface area contributed by atoms with Gasteiger partial charge >= 0.3 is 0 Å². The molecule has 0 aromatic carbocycles. The number of ether oxygens (including phenoxy) is 1. The topological polar surface area (TPSA) is 52.1 Å². The molecule has 0 spiro atoms. The van der Waals surface area contributed by atoms with Gasteiger partial charge in [0.15, 0.2) is 12.1 Å². The summed E-state index contributed by atoms with van der Waals surface area (Å²) in [6.45, 7) is 6.67. The first-order valence-electron chi connectivity index (χ1n) is 5.07. The summed E-state index contributed by atoms with van der Waals surface area (Å²) in [7, 11) is 0. The van der Waals surface area contributed by atoms with Gasteiger partial charge in [-0.2, -0.15) is 0 Å². The minimum absolute atomic E-state index is 0.101. The van der Waals surface area contributed by atoms with Crippen LogP contribution < -0.4 is 0 Å². The Morgan fingerprint density at radius 1 is 1.40 bits per heavy atom. The van der Waals surface area contributed by atoms with Crippen LogP contribution >= 0.6 is 0 Å². The van der Waals surface area contributed by atoms with Crippen LogP contribution in [-0.2, 0) is 4.74 Å². The highest BCUT2D eigenvalue weighted by Gasteiger charge is 2.18. The van der Waals surface area contributed by atoms with Crippen molar-refractivity contribution in [2.75, 3.05) is 6.61 Å². The van der Waals surface area contributed by atoms with E-state index in [4.69, 9.17) is 4.74 Å². The van der Waals surface area contributed by atoms with Crippen molar-refractivity contribution in [3.8, 4) is 0 Å². The number of rotatable bonds is 5. The molecule has 0 radical (unpaired) electrons. The van der Waals surface area contributed by atoms with Crippen molar-refractivity contribution in [2.24, 2.45) is 5.92 Å². The molecule has 0 N–H and O–H groups in total. The summed E-state index contributed by atoms with van der Waals surface area (Å²) in [5.74, 6) is 0.949. The first kappa shape index (κ1) is 11.8. The quantitative estimate of drug-likeness (QED) is 0.695. The number of hydrogen-bond donors (Lipinski definition) is 0. The van der Waals surface area contributed by atoms with Crippen molar-refractivity contribution in [2.45, 2.75) is 26.9 Å². The van der Waals surface area contributed by atoms with Crippen molar-refractivity contribution in [1.29, 1.82) is 0 Å². The van der Waals surface area contributed by atoms with Crippen LogP contribution in [0.5, 0.6) is 0 Å². The molecule has 1 atom stereocenters. The predicted octanol–water partition coefficient (Wildman–Crippen LogP) is 2.02. The lowest BCUT2D eigenvalue weighted by atomic mass is 10.1. The smallest absolute Gasteiger partial charge is 0.157 e. The van der Waals surface area contributed by atoms with Crippen molar-refractivity contribution < 1.29 is 9.53 Å². The van der Waals surface area contributed by atoms with E-state index in [0.717, 1.165) is 6.29 Å². The molecule has 1 unspecified atom stereocenters. The SMILES string of the molecule is CCOC(c1ncc(C=O)cn1)C(C)C. The second-order valence-corrected chi connectivity index (χ2v) is 3.61. The monoisotopic (exact) mass is 208 g/mol. The van der Waals surface area contributed by atoms with Crippen molar-refractivity contribution in [3.05, 3.63) is 23.8 Å². The number of carbonyl (C=O) groups is 1. The van der Waals surface area contributed by atoms with E-state index in [9.17, 15) is 4.79 Å². The maximum absolute atomic E-state index is 10.4. The Morgan fingerprint density at radius 3 is 2.40 bits per heavy atom. The van der Waals surface area contributed by atoms with Gasteiger partial charge in [0.2, 0.25) is 0 Å². The van der Waals surface area contributed by atoms with E-state index in [1.54, 1.807) is 0 Å². The standard InChI is InChI=1S/C11H16N2O2/c1-4-15-10(8(2)3)11-12-5-9(7-14)6-13-11/h5-8,10H,4H2,1-3H3. The number of aldehydes is 1. The van der Waals surface area contributed by atoms with E-state index >= 15 is 0 Å². The van der Waals surface area contributed by atoms with Gasteiger partial charge in [-0.3, -0.25) is 4.79 Å². The van der Waals surface area contributed by atoms with Crippen LogP contribution in [0.15, 0.2) is 12.4 Å². The minimum Gasteiger partial charge on any atom is -0.370 e. The summed E-state index contributed by atoms with van der Waals surface area (Å²) < 4.78 is 5.55. The molecule has 4 heteroatoms. The highest BCUT2D eigenvalue weighted by Crippen LogP contribution is 2.21. The van der Waals surface area contributed by atoms with Gasteiger partial charge in [-0.15, -0.1) is 0 Å². The Bertz CT molecular complexity index is 309. The third-order valence-corrected chi connectivity index (χ3v) is 2.03. The predicted molar refractivity (Wildman–Crippen MR) is 56.6 cm³/mol. The molecule has 0 aliphatic rings. The van der Waals surface area contributed by atoms with Crippen molar-refractivity contribution in [1.82, 2.24) is 9.97 Å². The first-order chi connectivity index (χ1) is 7.19. The van der Waals surface area contributed by atoms with Crippen LogP contribution in [0.4, 0.5) is 0 Å².